The van der Waals surface area contributed by atoms with Crippen LogP contribution in [0, 0.1) is 26.9 Å². The molecule has 110 valence electrons. The van der Waals surface area contributed by atoms with Crippen LogP contribution in [0.5, 0.6) is 0 Å². The summed E-state index contributed by atoms with van der Waals surface area (Å²) >= 11 is 0. The lowest BCUT2D eigenvalue weighted by molar-refractivity contribution is -0.384. The van der Waals surface area contributed by atoms with Crippen molar-refractivity contribution in [1.29, 1.82) is 5.26 Å². The van der Waals surface area contributed by atoms with Crippen LogP contribution in [0.2, 0.25) is 0 Å². The molecule has 1 fully saturated rings. The fraction of sp³-hybridized carbons (Fsp3) is 0.462. The predicted molar refractivity (Wildman–Crippen MR) is 72.8 cm³/mol. The molecular weight excluding hydrogens is 276 g/mol. The highest BCUT2D eigenvalue weighted by atomic mass is 16.6. The monoisotopic (exact) mass is 290 g/mol. The van der Waals surface area contributed by atoms with Gasteiger partial charge in [0, 0.05) is 19.3 Å². The molecule has 1 unspecified atom stereocenters. The van der Waals surface area contributed by atoms with Gasteiger partial charge in [-0.15, -0.1) is 0 Å². The van der Waals surface area contributed by atoms with Gasteiger partial charge in [-0.25, -0.2) is 4.98 Å². The molecular formula is C13H14N4O4. The Bertz CT molecular complexity index is 640. The Labute approximate surface area is 120 Å². The minimum absolute atomic E-state index is 0.0613. The van der Waals surface area contributed by atoms with E-state index in [0.717, 1.165) is 0 Å². The van der Waals surface area contributed by atoms with Crippen molar-refractivity contribution in [2.75, 3.05) is 18.0 Å². The zero-order valence-corrected chi connectivity index (χ0v) is 11.4. The van der Waals surface area contributed by atoms with Crippen LogP contribution in [0.25, 0.3) is 0 Å². The van der Waals surface area contributed by atoms with Crippen molar-refractivity contribution in [2.24, 2.45) is 5.41 Å². The minimum Gasteiger partial charge on any atom is -0.481 e. The zero-order valence-electron chi connectivity index (χ0n) is 11.4. The van der Waals surface area contributed by atoms with Gasteiger partial charge in [-0.1, -0.05) is 0 Å². The molecule has 0 saturated carbocycles. The average Bonchev–Trinajstić information content (AvgIpc) is 2.46. The van der Waals surface area contributed by atoms with E-state index >= 15 is 0 Å². The van der Waals surface area contributed by atoms with Crippen LogP contribution >= 0.6 is 0 Å². The Morgan fingerprint density at radius 2 is 2.38 bits per heavy atom. The number of anilines is 1. The predicted octanol–water partition coefficient (Wildman–Crippen LogP) is 1.55. The van der Waals surface area contributed by atoms with Crippen LogP contribution in [0.15, 0.2) is 12.3 Å². The average molecular weight is 290 g/mol. The normalized spacial score (nSPS) is 21.6. The molecule has 1 aliphatic heterocycles. The van der Waals surface area contributed by atoms with E-state index < -0.39 is 16.3 Å². The van der Waals surface area contributed by atoms with Crippen LogP contribution in [0.4, 0.5) is 11.5 Å². The highest BCUT2D eigenvalue weighted by molar-refractivity contribution is 5.76. The number of pyridine rings is 1. The molecule has 8 heteroatoms. The molecule has 1 aromatic rings. The number of rotatable bonds is 3. The molecule has 0 aliphatic carbocycles. The second kappa shape index (κ2) is 5.36. The smallest absolute Gasteiger partial charge is 0.329 e. The number of piperidine rings is 1. The number of nitrogens with zero attached hydrogens (tertiary/aromatic N) is 4. The molecule has 8 nitrogen and oxygen atoms in total. The first-order valence-corrected chi connectivity index (χ1v) is 6.41. The molecule has 1 aliphatic rings. The standard InChI is InChI=1S/C13H14N4O4/c1-13(12(18)19)4-2-6-16(8-13)11-10(17(20)21)9(7-14)3-5-15-11/h3,5H,2,4,6,8H2,1H3,(H,18,19). The Hall–Kier alpha value is -2.69. The molecule has 1 saturated heterocycles. The van der Waals surface area contributed by atoms with Crippen molar-refractivity contribution in [1.82, 2.24) is 4.98 Å². The first-order chi connectivity index (χ1) is 9.89. The summed E-state index contributed by atoms with van der Waals surface area (Å²) in [6, 6.07) is 3.05. The maximum absolute atomic E-state index is 11.4. The molecule has 0 radical (unpaired) electrons. The van der Waals surface area contributed by atoms with Gasteiger partial charge in [-0.3, -0.25) is 14.9 Å². The number of carboxylic acid groups (broad SMARTS) is 1. The fourth-order valence-electron chi connectivity index (χ4n) is 2.54. The fourth-order valence-corrected chi connectivity index (χ4v) is 2.54. The van der Waals surface area contributed by atoms with Gasteiger partial charge in [-0.2, -0.15) is 5.26 Å². The van der Waals surface area contributed by atoms with Gasteiger partial charge in [0.15, 0.2) is 0 Å². The summed E-state index contributed by atoms with van der Waals surface area (Å²) in [5.74, 6) is -0.877. The molecule has 1 N–H and O–H groups in total. The topological polar surface area (TPSA) is 120 Å². The molecule has 2 rings (SSSR count). The number of aromatic nitrogens is 1. The Morgan fingerprint density at radius 3 is 2.95 bits per heavy atom. The lowest BCUT2D eigenvalue weighted by Crippen LogP contribution is -2.46. The number of nitro groups is 1. The van der Waals surface area contributed by atoms with E-state index in [1.54, 1.807) is 17.9 Å². The Kier molecular flexibility index (Phi) is 3.76. The molecule has 21 heavy (non-hydrogen) atoms. The number of aliphatic carboxylic acids is 1. The maximum Gasteiger partial charge on any atom is 0.329 e. The first-order valence-electron chi connectivity index (χ1n) is 6.41. The molecule has 0 amide bonds. The van der Waals surface area contributed by atoms with Crippen LogP contribution < -0.4 is 4.90 Å². The summed E-state index contributed by atoms with van der Waals surface area (Å²) in [6.45, 7) is 2.22. The van der Waals surface area contributed by atoms with Crippen molar-refractivity contribution < 1.29 is 14.8 Å². The second-order valence-electron chi connectivity index (χ2n) is 5.29. The van der Waals surface area contributed by atoms with E-state index in [2.05, 4.69) is 4.98 Å². The molecule has 1 atom stereocenters. The number of hydrogen-bond acceptors (Lipinski definition) is 6. The van der Waals surface area contributed by atoms with E-state index in [1.807, 2.05) is 0 Å². The third-order valence-corrected chi connectivity index (χ3v) is 3.72. The summed E-state index contributed by atoms with van der Waals surface area (Å²) in [7, 11) is 0. The highest BCUT2D eigenvalue weighted by Gasteiger charge is 2.40. The van der Waals surface area contributed by atoms with Crippen LogP contribution in [-0.2, 0) is 4.79 Å². The van der Waals surface area contributed by atoms with E-state index in [-0.39, 0.29) is 23.6 Å². The second-order valence-corrected chi connectivity index (χ2v) is 5.29. The number of carboxylic acids is 1. The van der Waals surface area contributed by atoms with Gasteiger partial charge in [0.05, 0.1) is 10.3 Å². The quantitative estimate of drug-likeness (QED) is 0.662. The first kappa shape index (κ1) is 14.7. The SMILES string of the molecule is CC1(C(=O)O)CCCN(c2nccc(C#N)c2[N+](=O)[O-])C1. The molecule has 0 spiro atoms. The van der Waals surface area contributed by atoms with E-state index in [4.69, 9.17) is 5.26 Å². The van der Waals surface area contributed by atoms with Crippen molar-refractivity contribution in [3.8, 4) is 6.07 Å². The summed E-state index contributed by atoms with van der Waals surface area (Å²) in [5.41, 5.74) is -1.42. The van der Waals surface area contributed by atoms with Crippen molar-refractivity contribution in [2.45, 2.75) is 19.8 Å². The summed E-state index contributed by atoms with van der Waals surface area (Å²) in [5, 5.41) is 29.5. The van der Waals surface area contributed by atoms with Crippen LogP contribution in [-0.4, -0.2) is 34.1 Å². The Morgan fingerprint density at radius 1 is 1.67 bits per heavy atom. The van der Waals surface area contributed by atoms with Crippen molar-refractivity contribution in [3.63, 3.8) is 0 Å². The summed E-state index contributed by atoms with van der Waals surface area (Å²) in [6.07, 6.45) is 2.43. The molecule has 1 aromatic heterocycles. The van der Waals surface area contributed by atoms with Crippen molar-refractivity contribution >= 4 is 17.5 Å². The lowest BCUT2D eigenvalue weighted by atomic mass is 9.82. The third-order valence-electron chi connectivity index (χ3n) is 3.72. The van der Waals surface area contributed by atoms with Gasteiger partial charge in [0.2, 0.25) is 5.82 Å². The summed E-state index contributed by atoms with van der Waals surface area (Å²) < 4.78 is 0. The minimum atomic E-state index is -0.976. The zero-order chi connectivity index (χ0) is 15.6. The highest BCUT2D eigenvalue weighted by Crippen LogP contribution is 2.36. The van der Waals surface area contributed by atoms with Crippen molar-refractivity contribution in [3.05, 3.63) is 27.9 Å². The lowest BCUT2D eigenvalue weighted by Gasteiger charge is -2.37. The van der Waals surface area contributed by atoms with Crippen LogP contribution in [0.1, 0.15) is 25.3 Å². The number of carbonyl (C=O) groups is 1. The van der Waals surface area contributed by atoms with Gasteiger partial charge < -0.3 is 10.0 Å². The van der Waals surface area contributed by atoms with E-state index in [0.29, 0.717) is 19.4 Å². The third kappa shape index (κ3) is 2.63. The van der Waals surface area contributed by atoms with Gasteiger partial charge in [0.25, 0.3) is 0 Å². The summed E-state index contributed by atoms with van der Waals surface area (Å²) in [4.78, 5) is 27.5. The molecule has 0 aromatic carbocycles. The van der Waals surface area contributed by atoms with E-state index in [1.165, 1.54) is 12.3 Å². The Balaban J connectivity index is 2.45. The van der Waals surface area contributed by atoms with Gasteiger partial charge in [-0.05, 0) is 25.8 Å². The van der Waals surface area contributed by atoms with Crippen LogP contribution in [0.3, 0.4) is 0 Å². The maximum atomic E-state index is 11.4. The number of hydrogen-bond donors (Lipinski definition) is 1. The van der Waals surface area contributed by atoms with E-state index in [9.17, 15) is 20.0 Å². The largest absolute Gasteiger partial charge is 0.481 e. The van der Waals surface area contributed by atoms with Gasteiger partial charge >= 0.3 is 11.7 Å². The molecule has 2 heterocycles. The van der Waals surface area contributed by atoms with Gasteiger partial charge in [0.1, 0.15) is 11.6 Å². The number of nitriles is 1. The molecule has 0 bridgehead atoms.